The van der Waals surface area contributed by atoms with Gasteiger partial charge in [-0.1, -0.05) is 36.4 Å². The van der Waals surface area contributed by atoms with Gasteiger partial charge in [-0.2, -0.15) is 0 Å². The second-order valence-electron chi connectivity index (χ2n) is 8.01. The van der Waals surface area contributed by atoms with Gasteiger partial charge in [0.2, 0.25) is 5.91 Å². The number of hydrogen-bond donors (Lipinski definition) is 1. The first-order valence-electron chi connectivity index (χ1n) is 11.0. The van der Waals surface area contributed by atoms with Gasteiger partial charge in [-0.15, -0.1) is 0 Å². The molecule has 0 spiro atoms. The van der Waals surface area contributed by atoms with E-state index in [1.54, 1.807) is 33.3 Å². The highest BCUT2D eigenvalue weighted by Crippen LogP contribution is 2.45. The van der Waals surface area contributed by atoms with Gasteiger partial charge in [0.1, 0.15) is 0 Å². The summed E-state index contributed by atoms with van der Waals surface area (Å²) < 4.78 is 22.0. The minimum absolute atomic E-state index is 0.0950. The van der Waals surface area contributed by atoms with E-state index in [1.807, 2.05) is 60.7 Å². The van der Waals surface area contributed by atoms with Gasteiger partial charge in [0.15, 0.2) is 23.0 Å². The fourth-order valence-corrected chi connectivity index (χ4v) is 4.64. The van der Waals surface area contributed by atoms with Gasteiger partial charge >= 0.3 is 0 Å². The summed E-state index contributed by atoms with van der Waals surface area (Å²) >= 11 is 0. The van der Waals surface area contributed by atoms with Crippen molar-refractivity contribution in [2.45, 2.75) is 18.5 Å². The van der Waals surface area contributed by atoms with Crippen molar-refractivity contribution < 1.29 is 28.8 Å². The van der Waals surface area contributed by atoms with Crippen LogP contribution >= 0.6 is 0 Å². The summed E-state index contributed by atoms with van der Waals surface area (Å²) in [7, 11) is 6.32. The Labute approximate surface area is 199 Å². The molecule has 1 N–H and O–H groups in total. The Kier molecular flexibility index (Phi) is 6.93. The zero-order valence-corrected chi connectivity index (χ0v) is 19.8. The summed E-state index contributed by atoms with van der Waals surface area (Å²) in [6.07, 6.45) is 0.183. The van der Waals surface area contributed by atoms with Crippen LogP contribution in [-0.2, 0) is 11.2 Å². The minimum atomic E-state index is -0.534. The van der Waals surface area contributed by atoms with Crippen molar-refractivity contribution in [1.29, 1.82) is 0 Å². The molecule has 178 valence electrons. The molecule has 3 aromatic carbocycles. The van der Waals surface area contributed by atoms with Crippen molar-refractivity contribution in [1.82, 2.24) is 4.90 Å². The van der Waals surface area contributed by atoms with Crippen molar-refractivity contribution >= 4 is 5.91 Å². The van der Waals surface area contributed by atoms with E-state index in [9.17, 15) is 9.90 Å². The summed E-state index contributed by atoms with van der Waals surface area (Å²) in [4.78, 5) is 15.4. The van der Waals surface area contributed by atoms with Gasteiger partial charge in [0.25, 0.3) is 0 Å². The molecule has 2 atom stereocenters. The number of fused-ring (bicyclic) bond motifs is 1. The maximum Gasteiger partial charge on any atom is 0.228 e. The molecule has 3 aromatic rings. The number of carbonyl (C=O) groups excluding carboxylic acids is 1. The smallest absolute Gasteiger partial charge is 0.228 e. The van der Waals surface area contributed by atoms with E-state index < -0.39 is 12.1 Å². The molecule has 0 aliphatic carbocycles. The zero-order chi connectivity index (χ0) is 24.2. The first-order valence-corrected chi connectivity index (χ1v) is 11.0. The average Bonchev–Trinajstić information content (AvgIpc) is 2.88. The van der Waals surface area contributed by atoms with Gasteiger partial charge in [-0.3, -0.25) is 4.79 Å². The van der Waals surface area contributed by atoms with Gasteiger partial charge < -0.3 is 29.0 Å². The molecule has 0 saturated heterocycles. The van der Waals surface area contributed by atoms with E-state index in [0.717, 1.165) is 22.3 Å². The third kappa shape index (κ3) is 4.15. The quantitative estimate of drug-likeness (QED) is 0.546. The summed E-state index contributed by atoms with van der Waals surface area (Å²) in [5.41, 5.74) is 3.43. The van der Waals surface area contributed by atoms with E-state index in [0.29, 0.717) is 23.0 Å². The summed E-state index contributed by atoms with van der Waals surface area (Å²) in [5.74, 6) is 2.19. The van der Waals surface area contributed by atoms with Crippen molar-refractivity contribution in [3.63, 3.8) is 0 Å². The molecular formula is C27H29NO6. The van der Waals surface area contributed by atoms with E-state index in [-0.39, 0.29) is 18.9 Å². The van der Waals surface area contributed by atoms with Crippen LogP contribution in [0.4, 0.5) is 0 Å². The van der Waals surface area contributed by atoms with Gasteiger partial charge in [-0.25, -0.2) is 0 Å². The molecule has 7 heteroatoms. The molecule has 0 saturated carbocycles. The molecule has 1 aliphatic rings. The number of aliphatic hydroxyl groups excluding tert-OH is 1. The molecule has 0 fully saturated rings. The van der Waals surface area contributed by atoms with Gasteiger partial charge in [0, 0.05) is 0 Å². The van der Waals surface area contributed by atoms with E-state index in [1.165, 1.54) is 0 Å². The number of amides is 1. The largest absolute Gasteiger partial charge is 0.493 e. The van der Waals surface area contributed by atoms with Crippen LogP contribution in [0.3, 0.4) is 0 Å². The molecule has 1 heterocycles. The highest BCUT2D eigenvalue weighted by atomic mass is 16.5. The maximum atomic E-state index is 13.6. The highest BCUT2D eigenvalue weighted by Gasteiger charge is 2.39. The number of ether oxygens (including phenoxy) is 4. The number of benzene rings is 3. The van der Waals surface area contributed by atoms with Crippen LogP contribution in [0.15, 0.2) is 60.7 Å². The third-order valence-electron chi connectivity index (χ3n) is 6.26. The number of aliphatic hydroxyl groups is 1. The van der Waals surface area contributed by atoms with Crippen molar-refractivity contribution in [3.8, 4) is 23.0 Å². The predicted molar refractivity (Wildman–Crippen MR) is 128 cm³/mol. The second-order valence-corrected chi connectivity index (χ2v) is 8.01. The van der Waals surface area contributed by atoms with Crippen LogP contribution < -0.4 is 18.9 Å². The zero-order valence-electron chi connectivity index (χ0n) is 19.8. The molecule has 1 aliphatic heterocycles. The summed E-state index contributed by atoms with van der Waals surface area (Å²) in [5, 5.41) is 10.4. The normalized spacial score (nSPS) is 16.0. The second kappa shape index (κ2) is 10.1. The average molecular weight is 464 g/mol. The Bertz CT molecular complexity index is 1160. The SMILES string of the molecule is COc1ccc([C@H]2c3cc(OC)c(OC)cc3CC(=O)N2[C@@H](CO)c2ccccc2)cc1OC. The lowest BCUT2D eigenvalue weighted by molar-refractivity contribution is -0.137. The number of hydrogen-bond acceptors (Lipinski definition) is 6. The summed E-state index contributed by atoms with van der Waals surface area (Å²) in [6, 6.07) is 17.9. The fourth-order valence-electron chi connectivity index (χ4n) is 4.64. The van der Waals surface area contributed by atoms with Crippen molar-refractivity contribution in [2.24, 2.45) is 0 Å². The lowest BCUT2D eigenvalue weighted by atomic mass is 9.85. The topological polar surface area (TPSA) is 77.5 Å². The van der Waals surface area contributed by atoms with Crippen LogP contribution in [0.1, 0.15) is 34.3 Å². The van der Waals surface area contributed by atoms with Crippen LogP contribution in [-0.4, -0.2) is 51.0 Å². The number of methoxy groups -OCH3 is 4. The monoisotopic (exact) mass is 463 g/mol. The Morgan fingerprint density at radius 1 is 0.853 bits per heavy atom. The Balaban J connectivity index is 1.95. The Morgan fingerprint density at radius 3 is 2.09 bits per heavy atom. The number of nitrogens with zero attached hydrogens (tertiary/aromatic N) is 1. The van der Waals surface area contributed by atoms with Crippen molar-refractivity contribution in [2.75, 3.05) is 35.0 Å². The first kappa shape index (κ1) is 23.4. The molecular weight excluding hydrogens is 434 g/mol. The Hall–Kier alpha value is -3.71. The van der Waals surface area contributed by atoms with Crippen LogP contribution in [0, 0.1) is 0 Å². The molecule has 0 bridgehead atoms. The molecule has 0 radical (unpaired) electrons. The van der Waals surface area contributed by atoms with E-state index in [4.69, 9.17) is 18.9 Å². The number of carbonyl (C=O) groups is 1. The minimum Gasteiger partial charge on any atom is -0.493 e. The number of rotatable bonds is 8. The van der Waals surface area contributed by atoms with Crippen LogP contribution in [0.2, 0.25) is 0 Å². The standard InChI is InChI=1S/C27H29NO6/c1-31-22-11-10-18(12-23(22)32-2)27-20-15-25(34-4)24(33-3)13-19(20)14-26(30)28(27)21(16-29)17-8-6-5-7-9-17/h5-13,15,21,27,29H,14,16H2,1-4H3/t21-,27-/m0/s1. The lowest BCUT2D eigenvalue weighted by Crippen LogP contribution is -2.44. The van der Waals surface area contributed by atoms with Crippen LogP contribution in [0.25, 0.3) is 0 Å². The molecule has 4 rings (SSSR count). The van der Waals surface area contributed by atoms with E-state index in [2.05, 4.69) is 0 Å². The van der Waals surface area contributed by atoms with E-state index >= 15 is 0 Å². The lowest BCUT2D eigenvalue weighted by Gasteiger charge is -2.42. The first-order chi connectivity index (χ1) is 16.6. The Morgan fingerprint density at radius 2 is 1.47 bits per heavy atom. The molecule has 1 amide bonds. The highest BCUT2D eigenvalue weighted by molar-refractivity contribution is 5.83. The van der Waals surface area contributed by atoms with Gasteiger partial charge in [-0.05, 0) is 46.5 Å². The van der Waals surface area contributed by atoms with Crippen molar-refractivity contribution in [3.05, 3.63) is 82.9 Å². The fraction of sp³-hybridized carbons (Fsp3) is 0.296. The molecule has 0 aromatic heterocycles. The molecule has 7 nitrogen and oxygen atoms in total. The molecule has 0 unspecified atom stereocenters. The molecule has 34 heavy (non-hydrogen) atoms. The predicted octanol–water partition coefficient (Wildman–Crippen LogP) is 3.93. The van der Waals surface area contributed by atoms with Gasteiger partial charge in [0.05, 0.1) is 53.6 Å². The van der Waals surface area contributed by atoms with Crippen LogP contribution in [0.5, 0.6) is 23.0 Å². The maximum absolute atomic E-state index is 13.6. The summed E-state index contributed by atoms with van der Waals surface area (Å²) in [6.45, 7) is -0.220. The third-order valence-corrected chi connectivity index (χ3v) is 6.26.